The molecule has 1 aromatic carbocycles. The molecule has 19 heavy (non-hydrogen) atoms. The number of nitrogens with one attached hydrogen (secondary N) is 1. The minimum atomic E-state index is -0.273. The molecule has 0 aromatic heterocycles. The van der Waals surface area contributed by atoms with Crippen molar-refractivity contribution in [3.05, 3.63) is 29.8 Å². The van der Waals surface area contributed by atoms with E-state index < -0.39 is 0 Å². The second-order valence-corrected chi connectivity index (χ2v) is 4.13. The molecule has 104 valence electrons. The van der Waals surface area contributed by atoms with Crippen LogP contribution in [-0.2, 0) is 14.3 Å². The van der Waals surface area contributed by atoms with Crippen LogP contribution in [0.5, 0.6) is 5.75 Å². The third-order valence-electron chi connectivity index (χ3n) is 2.50. The van der Waals surface area contributed by atoms with Gasteiger partial charge in [0.2, 0.25) is 0 Å². The number of ether oxygens (including phenoxy) is 2. The first kappa shape index (κ1) is 15.0. The van der Waals surface area contributed by atoms with Crippen LogP contribution >= 0.6 is 0 Å². The molecule has 5 nitrogen and oxygen atoms in total. The van der Waals surface area contributed by atoms with Crippen molar-refractivity contribution in [2.75, 3.05) is 20.3 Å². The second kappa shape index (κ2) is 8.13. The lowest BCUT2D eigenvalue weighted by Crippen LogP contribution is -2.30. The molecular formula is C14H19NO4. The van der Waals surface area contributed by atoms with Gasteiger partial charge in [0, 0.05) is 13.0 Å². The monoisotopic (exact) mass is 265 g/mol. The Kier molecular flexibility index (Phi) is 6.43. The molecule has 0 aliphatic carbocycles. The first-order chi connectivity index (χ1) is 9.11. The van der Waals surface area contributed by atoms with Crippen LogP contribution in [-0.4, -0.2) is 32.1 Å². The van der Waals surface area contributed by atoms with E-state index in [4.69, 9.17) is 4.74 Å². The summed E-state index contributed by atoms with van der Waals surface area (Å²) in [6.07, 6.45) is 0.860. The number of aryl methyl sites for hydroxylation is 1. The Labute approximate surface area is 112 Å². The number of benzene rings is 1. The summed E-state index contributed by atoms with van der Waals surface area (Å²) < 4.78 is 9.81. The van der Waals surface area contributed by atoms with E-state index in [1.165, 1.54) is 7.11 Å². The van der Waals surface area contributed by atoms with Gasteiger partial charge in [0.15, 0.2) is 6.61 Å². The molecule has 0 radical (unpaired) electrons. The smallest absolute Gasteiger partial charge is 0.305 e. The van der Waals surface area contributed by atoms with E-state index in [-0.39, 0.29) is 18.5 Å². The Balaban J connectivity index is 2.14. The number of hydrogen-bond acceptors (Lipinski definition) is 4. The Bertz CT molecular complexity index is 414. The highest BCUT2D eigenvalue weighted by molar-refractivity contribution is 5.77. The Morgan fingerprint density at radius 1 is 1.21 bits per heavy atom. The maximum absolute atomic E-state index is 11.4. The van der Waals surface area contributed by atoms with Gasteiger partial charge in [-0.15, -0.1) is 0 Å². The van der Waals surface area contributed by atoms with Crippen LogP contribution in [0.2, 0.25) is 0 Å². The van der Waals surface area contributed by atoms with E-state index in [1.54, 1.807) is 0 Å². The van der Waals surface area contributed by atoms with Gasteiger partial charge in [-0.2, -0.15) is 0 Å². The van der Waals surface area contributed by atoms with Crippen LogP contribution < -0.4 is 10.1 Å². The number of rotatable bonds is 7. The van der Waals surface area contributed by atoms with E-state index in [0.29, 0.717) is 25.1 Å². The van der Waals surface area contributed by atoms with E-state index in [9.17, 15) is 9.59 Å². The largest absolute Gasteiger partial charge is 0.484 e. The van der Waals surface area contributed by atoms with E-state index >= 15 is 0 Å². The maximum atomic E-state index is 11.4. The summed E-state index contributed by atoms with van der Waals surface area (Å²) in [4.78, 5) is 22.3. The van der Waals surface area contributed by atoms with Crippen LogP contribution in [0.25, 0.3) is 0 Å². The van der Waals surface area contributed by atoms with Gasteiger partial charge in [0.25, 0.3) is 5.91 Å². The van der Waals surface area contributed by atoms with Gasteiger partial charge in [0.05, 0.1) is 7.11 Å². The minimum Gasteiger partial charge on any atom is -0.484 e. The third-order valence-corrected chi connectivity index (χ3v) is 2.50. The summed E-state index contributed by atoms with van der Waals surface area (Å²) >= 11 is 0. The molecule has 5 heteroatoms. The van der Waals surface area contributed by atoms with Crippen LogP contribution in [0.1, 0.15) is 18.4 Å². The molecule has 0 aliphatic rings. The van der Waals surface area contributed by atoms with Crippen LogP contribution in [0.3, 0.4) is 0 Å². The van der Waals surface area contributed by atoms with Gasteiger partial charge >= 0.3 is 5.97 Å². The highest BCUT2D eigenvalue weighted by Gasteiger charge is 2.03. The quantitative estimate of drug-likeness (QED) is 0.598. The molecule has 0 unspecified atom stereocenters. The van der Waals surface area contributed by atoms with Crippen molar-refractivity contribution in [3.8, 4) is 5.75 Å². The molecule has 0 spiro atoms. The van der Waals surface area contributed by atoms with E-state index in [0.717, 1.165) is 5.56 Å². The van der Waals surface area contributed by atoms with Crippen molar-refractivity contribution in [2.24, 2.45) is 0 Å². The van der Waals surface area contributed by atoms with Crippen LogP contribution in [0.4, 0.5) is 0 Å². The fourth-order valence-electron chi connectivity index (χ4n) is 1.40. The summed E-state index contributed by atoms with van der Waals surface area (Å²) in [5.41, 5.74) is 1.14. The number of amides is 1. The van der Waals surface area contributed by atoms with Gasteiger partial charge in [-0.25, -0.2) is 0 Å². The van der Waals surface area contributed by atoms with Crippen molar-refractivity contribution in [3.63, 3.8) is 0 Å². The Morgan fingerprint density at radius 2 is 1.89 bits per heavy atom. The summed E-state index contributed by atoms with van der Waals surface area (Å²) in [5.74, 6) is 0.186. The van der Waals surface area contributed by atoms with Crippen LogP contribution in [0, 0.1) is 6.92 Å². The van der Waals surface area contributed by atoms with Crippen molar-refractivity contribution in [1.29, 1.82) is 0 Å². The molecular weight excluding hydrogens is 246 g/mol. The number of carbonyl (C=O) groups excluding carboxylic acids is 2. The molecule has 0 saturated carbocycles. The lowest BCUT2D eigenvalue weighted by atomic mass is 10.2. The molecule has 0 fully saturated rings. The molecule has 0 saturated heterocycles. The molecule has 0 bridgehead atoms. The normalized spacial score (nSPS) is 9.79. The SMILES string of the molecule is COC(=O)CCCNC(=O)COc1ccc(C)cc1. The van der Waals surface area contributed by atoms with Crippen molar-refractivity contribution >= 4 is 11.9 Å². The maximum Gasteiger partial charge on any atom is 0.305 e. The fraction of sp³-hybridized carbons (Fsp3) is 0.429. The summed E-state index contributed by atoms with van der Waals surface area (Å²) in [6.45, 7) is 2.39. The Morgan fingerprint density at radius 3 is 2.53 bits per heavy atom. The zero-order valence-corrected chi connectivity index (χ0v) is 11.3. The lowest BCUT2D eigenvalue weighted by molar-refractivity contribution is -0.140. The molecule has 1 rings (SSSR count). The molecule has 0 atom stereocenters. The molecule has 1 amide bonds. The fourth-order valence-corrected chi connectivity index (χ4v) is 1.40. The Hall–Kier alpha value is -2.04. The third kappa shape index (κ3) is 6.45. The average Bonchev–Trinajstić information content (AvgIpc) is 2.42. The van der Waals surface area contributed by atoms with E-state index in [2.05, 4.69) is 10.1 Å². The molecule has 1 N–H and O–H groups in total. The molecule has 1 aromatic rings. The predicted molar refractivity (Wildman–Crippen MR) is 70.9 cm³/mol. The average molecular weight is 265 g/mol. The standard InChI is InChI=1S/C14H19NO4/c1-11-5-7-12(8-6-11)19-10-13(16)15-9-3-4-14(17)18-2/h5-8H,3-4,9-10H2,1-2H3,(H,15,16). The minimum absolute atomic E-state index is 0.0265. The second-order valence-electron chi connectivity index (χ2n) is 4.13. The van der Waals surface area contributed by atoms with Gasteiger partial charge in [0.1, 0.15) is 5.75 Å². The van der Waals surface area contributed by atoms with Gasteiger partial charge in [-0.3, -0.25) is 9.59 Å². The molecule has 0 heterocycles. The summed E-state index contributed by atoms with van der Waals surface area (Å²) in [7, 11) is 1.34. The molecule has 0 aliphatic heterocycles. The van der Waals surface area contributed by atoms with Crippen molar-refractivity contribution < 1.29 is 19.1 Å². The zero-order chi connectivity index (χ0) is 14.1. The zero-order valence-electron chi connectivity index (χ0n) is 11.3. The first-order valence-corrected chi connectivity index (χ1v) is 6.15. The van der Waals surface area contributed by atoms with Gasteiger partial charge in [-0.05, 0) is 25.5 Å². The summed E-state index contributed by atoms with van der Waals surface area (Å²) in [6, 6.07) is 7.48. The van der Waals surface area contributed by atoms with Crippen molar-refractivity contribution in [1.82, 2.24) is 5.32 Å². The van der Waals surface area contributed by atoms with Crippen molar-refractivity contribution in [2.45, 2.75) is 19.8 Å². The summed E-state index contributed by atoms with van der Waals surface area (Å²) in [5, 5.41) is 2.67. The topological polar surface area (TPSA) is 64.6 Å². The highest BCUT2D eigenvalue weighted by Crippen LogP contribution is 2.10. The van der Waals surface area contributed by atoms with Gasteiger partial charge < -0.3 is 14.8 Å². The lowest BCUT2D eigenvalue weighted by Gasteiger charge is -2.07. The highest BCUT2D eigenvalue weighted by atomic mass is 16.5. The first-order valence-electron chi connectivity index (χ1n) is 6.15. The van der Waals surface area contributed by atoms with E-state index in [1.807, 2.05) is 31.2 Å². The number of methoxy groups -OCH3 is 1. The van der Waals surface area contributed by atoms with Gasteiger partial charge in [-0.1, -0.05) is 17.7 Å². The number of esters is 1. The number of hydrogen-bond donors (Lipinski definition) is 1. The van der Waals surface area contributed by atoms with Crippen LogP contribution in [0.15, 0.2) is 24.3 Å². The number of carbonyl (C=O) groups is 2. The predicted octanol–water partition coefficient (Wildman–Crippen LogP) is 1.44.